The van der Waals surface area contributed by atoms with Gasteiger partial charge in [0.25, 0.3) is 0 Å². The lowest BCUT2D eigenvalue weighted by Crippen LogP contribution is -2.38. The maximum absolute atomic E-state index is 5.78. The Morgan fingerprint density at radius 3 is 3.09 bits per heavy atom. The van der Waals surface area contributed by atoms with Crippen LogP contribution < -0.4 is 0 Å². The van der Waals surface area contributed by atoms with E-state index in [1.807, 2.05) is 11.6 Å². The first kappa shape index (κ1) is 15.0. The van der Waals surface area contributed by atoms with Crippen LogP contribution in [0.25, 0.3) is 0 Å². The number of aryl methyl sites for hydroxylation is 2. The summed E-state index contributed by atoms with van der Waals surface area (Å²) in [6.07, 6.45) is 2.11. The smallest absolute Gasteiger partial charge is 0.180 e. The van der Waals surface area contributed by atoms with E-state index < -0.39 is 0 Å². The number of H-pyrrole nitrogens is 1. The Bertz CT molecular complexity index is 594. The number of aromatic nitrogens is 7. The van der Waals surface area contributed by atoms with Gasteiger partial charge in [-0.15, -0.1) is 5.10 Å². The molecule has 3 heterocycles. The number of nitrogens with zero attached hydrogens (tertiary/aromatic N) is 7. The van der Waals surface area contributed by atoms with Gasteiger partial charge in [-0.25, -0.2) is 9.67 Å². The first-order valence-corrected chi connectivity index (χ1v) is 7.74. The summed E-state index contributed by atoms with van der Waals surface area (Å²) < 4.78 is 7.67. The third-order valence-electron chi connectivity index (χ3n) is 3.75. The third-order valence-corrected chi connectivity index (χ3v) is 3.75. The van der Waals surface area contributed by atoms with Crippen molar-refractivity contribution in [2.45, 2.75) is 45.9 Å². The average Bonchev–Trinajstić information content (AvgIpc) is 3.15. The number of ether oxygens (including phenoxy) is 1. The summed E-state index contributed by atoms with van der Waals surface area (Å²) in [6, 6.07) is 0. The fourth-order valence-electron chi connectivity index (χ4n) is 2.52. The van der Waals surface area contributed by atoms with Crippen LogP contribution >= 0.6 is 0 Å². The van der Waals surface area contributed by atoms with Gasteiger partial charge in [-0.2, -0.15) is 5.10 Å². The van der Waals surface area contributed by atoms with Crippen LogP contribution in [0.2, 0.25) is 0 Å². The summed E-state index contributed by atoms with van der Waals surface area (Å²) in [5, 5.41) is 19.1. The fourth-order valence-corrected chi connectivity index (χ4v) is 2.52. The predicted molar refractivity (Wildman–Crippen MR) is 77.8 cm³/mol. The summed E-state index contributed by atoms with van der Waals surface area (Å²) in [6.45, 7) is 7.91. The molecule has 0 aromatic carbocycles. The number of unbranched alkanes of at least 4 members (excludes halogenated alkanes) is 1. The Labute approximate surface area is 129 Å². The molecule has 0 radical (unpaired) electrons. The highest BCUT2D eigenvalue weighted by Gasteiger charge is 2.26. The molecule has 1 aliphatic rings. The van der Waals surface area contributed by atoms with Crippen LogP contribution in [0.3, 0.4) is 0 Å². The van der Waals surface area contributed by atoms with Crippen molar-refractivity contribution < 1.29 is 4.74 Å². The summed E-state index contributed by atoms with van der Waals surface area (Å²) in [4.78, 5) is 6.65. The van der Waals surface area contributed by atoms with Gasteiger partial charge in [-0.1, -0.05) is 13.3 Å². The summed E-state index contributed by atoms with van der Waals surface area (Å²) >= 11 is 0. The molecule has 9 nitrogen and oxygen atoms in total. The van der Waals surface area contributed by atoms with Gasteiger partial charge in [0.1, 0.15) is 11.9 Å². The minimum Gasteiger partial charge on any atom is -0.367 e. The Kier molecular flexibility index (Phi) is 4.74. The number of morpholine rings is 1. The Balaban J connectivity index is 1.62. The third kappa shape index (κ3) is 3.47. The second-order valence-corrected chi connectivity index (χ2v) is 5.55. The van der Waals surface area contributed by atoms with Gasteiger partial charge in [0.2, 0.25) is 0 Å². The quantitative estimate of drug-likeness (QED) is 0.828. The average molecular weight is 306 g/mol. The molecule has 2 aromatic heterocycles. The van der Waals surface area contributed by atoms with Crippen molar-refractivity contribution >= 4 is 0 Å². The minimum atomic E-state index is -0.0985. The molecule has 9 heteroatoms. The van der Waals surface area contributed by atoms with Crippen LogP contribution in [-0.2, 0) is 17.8 Å². The molecule has 0 aliphatic carbocycles. The molecule has 1 fully saturated rings. The Morgan fingerprint density at radius 1 is 1.41 bits per heavy atom. The van der Waals surface area contributed by atoms with Gasteiger partial charge in [0.05, 0.1) is 13.2 Å². The zero-order valence-electron chi connectivity index (χ0n) is 13.1. The molecule has 120 valence electrons. The predicted octanol–water partition coefficient (Wildman–Crippen LogP) is 0.473. The molecule has 0 bridgehead atoms. The molecule has 1 N–H and O–H groups in total. The molecule has 1 atom stereocenters. The molecule has 0 spiro atoms. The first-order chi connectivity index (χ1) is 10.8. The van der Waals surface area contributed by atoms with Crippen LogP contribution in [0, 0.1) is 6.92 Å². The SMILES string of the molecule is CCCCn1nnnc1CN1CCOC(c2n[nH]c(C)n2)C1. The van der Waals surface area contributed by atoms with Crippen molar-refractivity contribution in [3.8, 4) is 0 Å². The first-order valence-electron chi connectivity index (χ1n) is 7.74. The lowest BCUT2D eigenvalue weighted by molar-refractivity contribution is -0.0381. The maximum atomic E-state index is 5.78. The molecule has 22 heavy (non-hydrogen) atoms. The standard InChI is InChI=1S/C13H22N8O/c1-3-4-5-21-12(16-18-19-21)9-20-6-7-22-11(8-20)13-14-10(2)15-17-13/h11H,3-9H2,1-2H3,(H,14,15,17). The normalized spacial score (nSPS) is 19.6. The molecule has 1 unspecified atom stereocenters. The van der Waals surface area contributed by atoms with E-state index in [-0.39, 0.29) is 6.10 Å². The highest BCUT2D eigenvalue weighted by Crippen LogP contribution is 2.20. The van der Waals surface area contributed by atoms with Gasteiger partial charge in [0, 0.05) is 19.6 Å². The number of hydrogen-bond acceptors (Lipinski definition) is 7. The molecule has 2 aromatic rings. The monoisotopic (exact) mass is 306 g/mol. The lowest BCUT2D eigenvalue weighted by atomic mass is 10.2. The molecular formula is C13H22N8O. The van der Waals surface area contributed by atoms with Crippen molar-refractivity contribution in [3.05, 3.63) is 17.5 Å². The number of rotatable bonds is 6. The van der Waals surface area contributed by atoms with Crippen LogP contribution in [0.5, 0.6) is 0 Å². The van der Waals surface area contributed by atoms with Crippen LogP contribution in [0.15, 0.2) is 0 Å². The second kappa shape index (κ2) is 6.93. The van der Waals surface area contributed by atoms with E-state index >= 15 is 0 Å². The lowest BCUT2D eigenvalue weighted by Gasteiger charge is -2.31. The van der Waals surface area contributed by atoms with E-state index in [9.17, 15) is 0 Å². The van der Waals surface area contributed by atoms with Gasteiger partial charge >= 0.3 is 0 Å². The van der Waals surface area contributed by atoms with E-state index in [4.69, 9.17) is 4.74 Å². The largest absolute Gasteiger partial charge is 0.367 e. The number of hydrogen-bond donors (Lipinski definition) is 1. The number of tetrazole rings is 1. The highest BCUT2D eigenvalue weighted by molar-refractivity contribution is 4.96. The van der Waals surface area contributed by atoms with Crippen LogP contribution in [-0.4, -0.2) is 60.0 Å². The van der Waals surface area contributed by atoms with E-state index in [0.29, 0.717) is 12.4 Å². The molecule has 1 saturated heterocycles. The Morgan fingerprint density at radius 2 is 2.32 bits per heavy atom. The van der Waals surface area contributed by atoms with E-state index in [1.54, 1.807) is 0 Å². The molecule has 3 rings (SSSR count). The van der Waals surface area contributed by atoms with Crippen LogP contribution in [0.4, 0.5) is 0 Å². The van der Waals surface area contributed by atoms with Gasteiger partial charge in [0.15, 0.2) is 11.6 Å². The number of nitrogens with one attached hydrogen (secondary N) is 1. The minimum absolute atomic E-state index is 0.0985. The topological polar surface area (TPSA) is 97.6 Å². The van der Waals surface area contributed by atoms with E-state index in [0.717, 1.165) is 50.7 Å². The van der Waals surface area contributed by atoms with Crippen molar-refractivity contribution in [1.82, 2.24) is 40.3 Å². The van der Waals surface area contributed by atoms with Crippen molar-refractivity contribution in [3.63, 3.8) is 0 Å². The van der Waals surface area contributed by atoms with Gasteiger partial charge in [-0.3, -0.25) is 10.00 Å². The summed E-state index contributed by atoms with van der Waals surface area (Å²) in [7, 11) is 0. The van der Waals surface area contributed by atoms with E-state index in [1.165, 1.54) is 0 Å². The molecule has 0 saturated carbocycles. The summed E-state index contributed by atoms with van der Waals surface area (Å²) in [5.41, 5.74) is 0. The summed E-state index contributed by atoms with van der Waals surface area (Å²) in [5.74, 6) is 2.42. The van der Waals surface area contributed by atoms with Crippen LogP contribution in [0.1, 0.15) is 43.3 Å². The van der Waals surface area contributed by atoms with Crippen molar-refractivity contribution in [1.29, 1.82) is 0 Å². The Hall–Kier alpha value is -1.87. The second-order valence-electron chi connectivity index (χ2n) is 5.55. The number of aromatic amines is 1. The molecular weight excluding hydrogens is 284 g/mol. The zero-order chi connectivity index (χ0) is 15.4. The van der Waals surface area contributed by atoms with Crippen molar-refractivity contribution in [2.75, 3.05) is 19.7 Å². The maximum Gasteiger partial charge on any atom is 0.180 e. The molecule has 1 aliphatic heterocycles. The van der Waals surface area contributed by atoms with Gasteiger partial charge < -0.3 is 4.74 Å². The zero-order valence-corrected chi connectivity index (χ0v) is 13.1. The highest BCUT2D eigenvalue weighted by atomic mass is 16.5. The molecule has 0 amide bonds. The van der Waals surface area contributed by atoms with Crippen molar-refractivity contribution in [2.24, 2.45) is 0 Å². The van der Waals surface area contributed by atoms with E-state index in [2.05, 4.69) is 42.5 Å². The van der Waals surface area contributed by atoms with Gasteiger partial charge in [-0.05, 0) is 23.8 Å². The fraction of sp³-hybridized carbons (Fsp3) is 0.769.